The van der Waals surface area contributed by atoms with E-state index in [-0.39, 0.29) is 0 Å². The molecule has 0 saturated heterocycles. The maximum absolute atomic E-state index is 8.77. The van der Waals surface area contributed by atoms with E-state index in [1.54, 1.807) is 0 Å². The van der Waals surface area contributed by atoms with Crippen LogP contribution in [-0.2, 0) is 0 Å². The Kier molecular flexibility index (Phi) is 8.05. The van der Waals surface area contributed by atoms with Crippen molar-refractivity contribution in [1.29, 1.82) is 0 Å². The van der Waals surface area contributed by atoms with Gasteiger partial charge in [0.1, 0.15) is 0 Å². The molecule has 1 atom stereocenters. The lowest BCUT2D eigenvalue weighted by atomic mass is 10.0. The van der Waals surface area contributed by atoms with Crippen molar-refractivity contribution in [3.63, 3.8) is 0 Å². The third-order valence-electron chi connectivity index (χ3n) is 2.28. The lowest BCUT2D eigenvalue weighted by molar-refractivity contribution is 0.251. The second kappa shape index (κ2) is 8.27. The molecule has 13 heavy (non-hydrogen) atoms. The Bertz CT molecular complexity index is 134. The van der Waals surface area contributed by atoms with Crippen LogP contribution in [0, 0.1) is 5.92 Å². The van der Waals surface area contributed by atoms with Gasteiger partial charge in [-0.2, -0.15) is 0 Å². The molecule has 1 unspecified atom stereocenters. The van der Waals surface area contributed by atoms with Gasteiger partial charge in [0.25, 0.3) is 0 Å². The van der Waals surface area contributed by atoms with Gasteiger partial charge in [0.05, 0.1) is 0 Å². The molecule has 0 radical (unpaired) electrons. The molecular weight excluding hydrogens is 162 g/mol. The first-order valence-corrected chi connectivity index (χ1v) is 5.16. The van der Waals surface area contributed by atoms with E-state index >= 15 is 0 Å². The lowest BCUT2D eigenvalue weighted by Gasteiger charge is -2.14. The summed E-state index contributed by atoms with van der Waals surface area (Å²) in [6.07, 6.45) is 3.10. The van der Waals surface area contributed by atoms with Crippen LogP contribution in [0.5, 0.6) is 0 Å². The highest BCUT2D eigenvalue weighted by atomic mass is 16.3. The molecule has 0 aromatic rings. The normalized spacial score (nSPS) is 12.8. The smallest absolute Gasteiger partial charge is 0.0434 e. The first-order chi connectivity index (χ1) is 6.20. The van der Waals surface area contributed by atoms with Gasteiger partial charge in [0.15, 0.2) is 0 Å². The summed E-state index contributed by atoms with van der Waals surface area (Å²) in [6.45, 7) is 10.4. The van der Waals surface area contributed by atoms with E-state index in [1.807, 2.05) is 6.92 Å². The Morgan fingerprint density at radius 2 is 2.23 bits per heavy atom. The summed E-state index contributed by atoms with van der Waals surface area (Å²) < 4.78 is 0. The first kappa shape index (κ1) is 12.7. The van der Waals surface area contributed by atoms with Crippen molar-refractivity contribution >= 4 is 0 Å². The highest BCUT2D eigenvalue weighted by Crippen LogP contribution is 2.05. The Labute approximate surface area is 82.0 Å². The van der Waals surface area contributed by atoms with E-state index in [4.69, 9.17) is 5.11 Å². The number of hydrogen-bond donors (Lipinski definition) is 2. The minimum absolute atomic E-state index is 0.306. The minimum Gasteiger partial charge on any atom is -0.396 e. The van der Waals surface area contributed by atoms with E-state index in [2.05, 4.69) is 18.8 Å². The number of rotatable bonds is 8. The average molecular weight is 185 g/mol. The van der Waals surface area contributed by atoms with Crippen LogP contribution in [0.4, 0.5) is 0 Å². The largest absolute Gasteiger partial charge is 0.396 e. The van der Waals surface area contributed by atoms with Crippen LogP contribution in [0.2, 0.25) is 0 Å². The van der Waals surface area contributed by atoms with Gasteiger partial charge in [-0.05, 0) is 38.8 Å². The van der Waals surface area contributed by atoms with Gasteiger partial charge >= 0.3 is 0 Å². The fourth-order valence-corrected chi connectivity index (χ4v) is 1.24. The van der Waals surface area contributed by atoms with E-state index in [9.17, 15) is 0 Å². The zero-order valence-electron chi connectivity index (χ0n) is 8.97. The van der Waals surface area contributed by atoms with Crippen LogP contribution in [0.3, 0.4) is 0 Å². The quantitative estimate of drug-likeness (QED) is 0.447. The molecule has 0 aliphatic heterocycles. The van der Waals surface area contributed by atoms with E-state index in [1.165, 1.54) is 5.57 Å². The van der Waals surface area contributed by atoms with Crippen molar-refractivity contribution in [3.05, 3.63) is 12.2 Å². The molecule has 78 valence electrons. The predicted octanol–water partition coefficient (Wildman–Crippen LogP) is 1.95. The lowest BCUT2D eigenvalue weighted by Crippen LogP contribution is -2.24. The molecule has 0 spiro atoms. The Balaban J connectivity index is 3.32. The van der Waals surface area contributed by atoms with Crippen LogP contribution in [0.25, 0.3) is 0 Å². The van der Waals surface area contributed by atoms with Gasteiger partial charge in [0, 0.05) is 6.61 Å². The molecule has 0 aliphatic carbocycles. The molecule has 0 aliphatic rings. The van der Waals surface area contributed by atoms with E-state index in [0.717, 1.165) is 32.4 Å². The number of aliphatic hydroxyl groups excluding tert-OH is 1. The summed E-state index contributed by atoms with van der Waals surface area (Å²) in [5, 5.41) is 12.2. The Hall–Kier alpha value is -0.340. The van der Waals surface area contributed by atoms with Gasteiger partial charge < -0.3 is 10.4 Å². The SMILES string of the molecule is C=C(C)CCNCC(CC)CCO. The molecule has 0 rings (SSSR count). The molecule has 0 aromatic carbocycles. The van der Waals surface area contributed by atoms with Crippen molar-refractivity contribution in [2.24, 2.45) is 5.92 Å². The Morgan fingerprint density at radius 3 is 2.69 bits per heavy atom. The molecule has 0 heterocycles. The average Bonchev–Trinajstić information content (AvgIpc) is 2.10. The van der Waals surface area contributed by atoms with Crippen molar-refractivity contribution in [1.82, 2.24) is 5.32 Å². The maximum atomic E-state index is 8.77. The molecule has 2 heteroatoms. The molecule has 2 N–H and O–H groups in total. The summed E-state index contributed by atoms with van der Waals surface area (Å²) in [6, 6.07) is 0. The van der Waals surface area contributed by atoms with Crippen LogP contribution in [0.15, 0.2) is 12.2 Å². The van der Waals surface area contributed by atoms with Crippen LogP contribution >= 0.6 is 0 Å². The molecule has 0 fully saturated rings. The monoisotopic (exact) mass is 185 g/mol. The van der Waals surface area contributed by atoms with Gasteiger partial charge in [-0.1, -0.05) is 18.9 Å². The number of hydrogen-bond acceptors (Lipinski definition) is 2. The second-order valence-electron chi connectivity index (χ2n) is 3.70. The second-order valence-corrected chi connectivity index (χ2v) is 3.70. The van der Waals surface area contributed by atoms with Crippen molar-refractivity contribution in [2.75, 3.05) is 19.7 Å². The zero-order valence-corrected chi connectivity index (χ0v) is 8.97. The van der Waals surface area contributed by atoms with Crippen LogP contribution < -0.4 is 5.32 Å². The number of nitrogens with one attached hydrogen (secondary N) is 1. The van der Waals surface area contributed by atoms with Crippen molar-refractivity contribution < 1.29 is 5.11 Å². The number of aliphatic hydroxyl groups is 1. The van der Waals surface area contributed by atoms with Gasteiger partial charge in [-0.25, -0.2) is 0 Å². The molecule has 0 aromatic heterocycles. The standard InChI is InChI=1S/C11H23NO/c1-4-11(6-8-13)9-12-7-5-10(2)3/h11-13H,2,4-9H2,1,3H3. The van der Waals surface area contributed by atoms with Gasteiger partial charge in [-0.15, -0.1) is 6.58 Å². The highest BCUT2D eigenvalue weighted by molar-refractivity contribution is 4.88. The first-order valence-electron chi connectivity index (χ1n) is 5.16. The third-order valence-corrected chi connectivity index (χ3v) is 2.28. The molecule has 0 saturated carbocycles. The maximum Gasteiger partial charge on any atom is 0.0434 e. The third kappa shape index (κ3) is 8.00. The molecule has 0 amide bonds. The highest BCUT2D eigenvalue weighted by Gasteiger charge is 2.03. The molecular formula is C11H23NO. The zero-order chi connectivity index (χ0) is 10.1. The summed E-state index contributed by atoms with van der Waals surface area (Å²) in [7, 11) is 0. The fraction of sp³-hybridized carbons (Fsp3) is 0.818. The van der Waals surface area contributed by atoms with Gasteiger partial charge in [-0.3, -0.25) is 0 Å². The Morgan fingerprint density at radius 1 is 1.54 bits per heavy atom. The summed E-state index contributed by atoms with van der Waals surface area (Å²) in [5.41, 5.74) is 1.22. The van der Waals surface area contributed by atoms with E-state index in [0.29, 0.717) is 12.5 Å². The van der Waals surface area contributed by atoms with Crippen LogP contribution in [0.1, 0.15) is 33.1 Å². The fourth-order valence-electron chi connectivity index (χ4n) is 1.24. The topological polar surface area (TPSA) is 32.3 Å². The van der Waals surface area contributed by atoms with Gasteiger partial charge in [0.2, 0.25) is 0 Å². The predicted molar refractivity (Wildman–Crippen MR) is 57.8 cm³/mol. The van der Waals surface area contributed by atoms with Crippen LogP contribution in [-0.4, -0.2) is 24.8 Å². The summed E-state index contributed by atoms with van der Waals surface area (Å²) >= 11 is 0. The van der Waals surface area contributed by atoms with Crippen molar-refractivity contribution in [2.45, 2.75) is 33.1 Å². The summed E-state index contributed by atoms with van der Waals surface area (Å²) in [4.78, 5) is 0. The molecule has 0 bridgehead atoms. The minimum atomic E-state index is 0.306. The summed E-state index contributed by atoms with van der Waals surface area (Å²) in [5.74, 6) is 0.620. The molecule has 2 nitrogen and oxygen atoms in total. The van der Waals surface area contributed by atoms with E-state index < -0.39 is 0 Å². The van der Waals surface area contributed by atoms with Crippen molar-refractivity contribution in [3.8, 4) is 0 Å².